The molecule has 2 aromatic heterocycles. The molecule has 0 saturated heterocycles. The summed E-state index contributed by atoms with van der Waals surface area (Å²) < 4.78 is 22.1. The van der Waals surface area contributed by atoms with E-state index in [1.54, 1.807) is 4.68 Å². The molecule has 0 aliphatic heterocycles. The first kappa shape index (κ1) is 25.5. The molecule has 0 aliphatic carbocycles. The lowest BCUT2D eigenvalue weighted by atomic mass is 9.92. The van der Waals surface area contributed by atoms with E-state index in [9.17, 15) is 19.3 Å². The molecule has 0 bridgehead atoms. The van der Waals surface area contributed by atoms with Crippen molar-refractivity contribution in [1.82, 2.24) is 14.8 Å². The van der Waals surface area contributed by atoms with Crippen molar-refractivity contribution in [3.05, 3.63) is 99.7 Å². The van der Waals surface area contributed by atoms with Gasteiger partial charge in [-0.05, 0) is 29.8 Å². The first-order valence-corrected chi connectivity index (χ1v) is 11.5. The quantitative estimate of drug-likeness (QED) is 0.254. The van der Waals surface area contributed by atoms with E-state index in [1.807, 2.05) is 57.2 Å². The highest BCUT2D eigenvalue weighted by Gasteiger charge is 2.23. The van der Waals surface area contributed by atoms with Crippen LogP contribution in [0.4, 0.5) is 15.9 Å². The first-order valence-electron chi connectivity index (χ1n) is 11.5. The van der Waals surface area contributed by atoms with Gasteiger partial charge in [-0.15, -0.1) is 0 Å². The van der Waals surface area contributed by atoms with Gasteiger partial charge in [-0.3, -0.25) is 14.9 Å². The highest BCUT2D eigenvalue weighted by atomic mass is 19.1. The number of ether oxygens (including phenoxy) is 1. The van der Waals surface area contributed by atoms with Crippen molar-refractivity contribution in [2.24, 2.45) is 0 Å². The van der Waals surface area contributed by atoms with E-state index in [0.29, 0.717) is 5.69 Å². The number of carbonyl (C=O) groups is 1. The van der Waals surface area contributed by atoms with Gasteiger partial charge in [0.1, 0.15) is 17.3 Å². The Morgan fingerprint density at radius 1 is 1.11 bits per heavy atom. The molecule has 2 aromatic carbocycles. The summed E-state index contributed by atoms with van der Waals surface area (Å²) in [5.41, 5.74) is 7.42. The maximum atomic E-state index is 14.9. The van der Waals surface area contributed by atoms with Crippen molar-refractivity contribution in [3.8, 4) is 17.2 Å². The minimum atomic E-state index is -0.716. The zero-order chi connectivity index (χ0) is 26.7. The predicted octanol–water partition coefficient (Wildman–Crippen LogP) is 5.34. The molecule has 10 heteroatoms. The number of nitrogens with zero attached hydrogens (tertiary/aromatic N) is 4. The summed E-state index contributed by atoms with van der Waals surface area (Å²) in [5.74, 6) is -1.30. The predicted molar refractivity (Wildman–Crippen MR) is 136 cm³/mol. The molecule has 0 spiro atoms. The number of para-hydroxylation sites is 1. The van der Waals surface area contributed by atoms with Crippen molar-refractivity contribution in [2.75, 3.05) is 5.73 Å². The zero-order valence-corrected chi connectivity index (χ0v) is 20.6. The van der Waals surface area contributed by atoms with E-state index < -0.39 is 16.4 Å². The molecule has 2 N–H and O–H groups in total. The van der Waals surface area contributed by atoms with Crippen molar-refractivity contribution < 1.29 is 18.8 Å². The molecule has 190 valence electrons. The second kappa shape index (κ2) is 10.2. The number of nitrogens with two attached hydrogens (primary N) is 1. The second-order valence-electron chi connectivity index (χ2n) is 9.57. The molecule has 4 rings (SSSR count). The number of hydrogen-bond donors (Lipinski definition) is 1. The van der Waals surface area contributed by atoms with E-state index in [-0.39, 0.29) is 46.9 Å². The number of Topliss-reactive ketones (excluding diaryl/α,β-unsaturated/α-hetero) is 1. The Labute approximate surface area is 212 Å². The van der Waals surface area contributed by atoms with Gasteiger partial charge in [0.05, 0.1) is 22.0 Å². The van der Waals surface area contributed by atoms with E-state index in [1.165, 1.54) is 24.4 Å². The van der Waals surface area contributed by atoms with Crippen LogP contribution < -0.4 is 10.5 Å². The van der Waals surface area contributed by atoms with Gasteiger partial charge < -0.3 is 10.5 Å². The lowest BCUT2D eigenvalue weighted by Crippen LogP contribution is -2.13. The van der Waals surface area contributed by atoms with Crippen molar-refractivity contribution in [1.29, 1.82) is 0 Å². The summed E-state index contributed by atoms with van der Waals surface area (Å²) in [4.78, 5) is 27.2. The summed E-state index contributed by atoms with van der Waals surface area (Å²) in [5, 5.41) is 16.0. The molecule has 2 heterocycles. The van der Waals surface area contributed by atoms with Crippen LogP contribution in [0.1, 0.15) is 37.7 Å². The molecule has 0 amide bonds. The first-order chi connectivity index (χ1) is 17.5. The van der Waals surface area contributed by atoms with Gasteiger partial charge in [0, 0.05) is 36.6 Å². The third kappa shape index (κ3) is 5.80. The minimum absolute atomic E-state index is 0.0272. The zero-order valence-electron chi connectivity index (χ0n) is 20.6. The average Bonchev–Trinajstić information content (AvgIpc) is 3.25. The van der Waals surface area contributed by atoms with Gasteiger partial charge in [0.2, 0.25) is 11.6 Å². The summed E-state index contributed by atoms with van der Waals surface area (Å²) in [7, 11) is 0. The highest BCUT2D eigenvalue weighted by Crippen LogP contribution is 2.35. The molecular weight excluding hydrogens is 477 g/mol. The monoisotopic (exact) mass is 503 g/mol. The lowest BCUT2D eigenvalue weighted by Gasteiger charge is -2.14. The Kier molecular flexibility index (Phi) is 7.01. The number of hydrogen-bond acceptors (Lipinski definition) is 7. The summed E-state index contributed by atoms with van der Waals surface area (Å²) in [6.45, 7) is 6.14. The van der Waals surface area contributed by atoms with Gasteiger partial charge in [0.25, 0.3) is 0 Å². The molecule has 0 fully saturated rings. The second-order valence-corrected chi connectivity index (χ2v) is 9.57. The number of halogens is 1. The van der Waals surface area contributed by atoms with Crippen LogP contribution in [0.3, 0.4) is 0 Å². The van der Waals surface area contributed by atoms with Crippen molar-refractivity contribution in [3.63, 3.8) is 0 Å². The molecule has 37 heavy (non-hydrogen) atoms. The van der Waals surface area contributed by atoms with Gasteiger partial charge in [-0.1, -0.05) is 45.0 Å². The minimum Gasteiger partial charge on any atom is -0.450 e. The fourth-order valence-corrected chi connectivity index (χ4v) is 3.76. The number of rotatable bonds is 8. The van der Waals surface area contributed by atoms with Crippen LogP contribution in [-0.4, -0.2) is 25.5 Å². The molecule has 0 radical (unpaired) electrons. The molecule has 0 saturated carbocycles. The Morgan fingerprint density at radius 2 is 1.84 bits per heavy atom. The number of nitro groups is 1. The van der Waals surface area contributed by atoms with Crippen LogP contribution in [0.2, 0.25) is 0 Å². The summed E-state index contributed by atoms with van der Waals surface area (Å²) >= 11 is 0. The maximum Gasteiger partial charge on any atom is 0.353 e. The number of benzene rings is 2. The normalized spacial score (nSPS) is 11.4. The lowest BCUT2D eigenvalue weighted by molar-refractivity contribution is -0.384. The molecule has 9 nitrogen and oxygen atoms in total. The van der Waals surface area contributed by atoms with E-state index in [0.717, 1.165) is 17.4 Å². The van der Waals surface area contributed by atoms with Gasteiger partial charge in [-0.2, -0.15) is 5.10 Å². The van der Waals surface area contributed by atoms with Crippen molar-refractivity contribution in [2.45, 2.75) is 39.0 Å². The Hall–Kier alpha value is -4.60. The van der Waals surface area contributed by atoms with Crippen LogP contribution in [0.25, 0.3) is 5.69 Å². The number of nitrogen functional groups attached to an aromatic ring is 1. The fourth-order valence-electron chi connectivity index (χ4n) is 3.76. The number of pyridine rings is 1. The standard InChI is InChI=1S/C27H26FN5O4/c1-27(2,3)24-15-19(32(31-24)18-7-5-4-6-8-18)14-20(34)13-17-9-10-21(16-22(17)28)37-23-11-12-30-26(29)25(23)33(35)36/h4-12,15-16H,13-14H2,1-3H3,(H2,29,30). The van der Waals surface area contributed by atoms with Gasteiger partial charge in [0.15, 0.2) is 0 Å². The largest absolute Gasteiger partial charge is 0.450 e. The molecule has 0 unspecified atom stereocenters. The summed E-state index contributed by atoms with van der Waals surface area (Å²) in [6, 6.07) is 16.6. The Morgan fingerprint density at radius 3 is 2.49 bits per heavy atom. The number of aromatic nitrogens is 3. The molecule has 0 atom stereocenters. The average molecular weight is 504 g/mol. The van der Waals surface area contributed by atoms with Crippen LogP contribution in [-0.2, 0) is 23.1 Å². The van der Waals surface area contributed by atoms with Crippen LogP contribution in [0.15, 0.2) is 66.9 Å². The Bertz CT molecular complexity index is 1460. The number of anilines is 1. The van der Waals surface area contributed by atoms with E-state index in [2.05, 4.69) is 4.98 Å². The van der Waals surface area contributed by atoms with Gasteiger partial charge >= 0.3 is 5.69 Å². The topological polar surface area (TPSA) is 126 Å². The summed E-state index contributed by atoms with van der Waals surface area (Å²) in [6.07, 6.45) is 1.18. The van der Waals surface area contributed by atoms with Gasteiger partial charge in [-0.25, -0.2) is 14.1 Å². The number of ketones is 1. The highest BCUT2D eigenvalue weighted by molar-refractivity contribution is 5.83. The van der Waals surface area contributed by atoms with E-state index >= 15 is 0 Å². The third-order valence-electron chi connectivity index (χ3n) is 5.67. The molecule has 0 aliphatic rings. The Balaban J connectivity index is 1.53. The van der Waals surface area contributed by atoms with Crippen molar-refractivity contribution >= 4 is 17.3 Å². The molecule has 4 aromatic rings. The number of carbonyl (C=O) groups excluding carboxylic acids is 1. The van der Waals surface area contributed by atoms with Crippen LogP contribution in [0, 0.1) is 15.9 Å². The SMILES string of the molecule is CC(C)(C)c1cc(CC(=O)Cc2ccc(Oc3ccnc(N)c3[N+](=O)[O-])cc2F)n(-c2ccccc2)n1. The maximum absolute atomic E-state index is 14.9. The van der Waals surface area contributed by atoms with E-state index in [4.69, 9.17) is 15.6 Å². The third-order valence-corrected chi connectivity index (χ3v) is 5.67. The molecular formula is C27H26FN5O4. The van der Waals surface area contributed by atoms with Crippen LogP contribution in [0.5, 0.6) is 11.5 Å². The van der Waals surface area contributed by atoms with Crippen LogP contribution >= 0.6 is 0 Å². The smallest absolute Gasteiger partial charge is 0.353 e. The fraction of sp³-hybridized carbons (Fsp3) is 0.222.